The summed E-state index contributed by atoms with van der Waals surface area (Å²) in [4.78, 5) is 14.2. The highest BCUT2D eigenvalue weighted by molar-refractivity contribution is 5.80. The predicted octanol–water partition coefficient (Wildman–Crippen LogP) is -0.811. The molecule has 96 valence electrons. The fraction of sp³-hybridized carbons (Fsp3) is 0.917. The summed E-state index contributed by atoms with van der Waals surface area (Å²) in [6.07, 6.45) is 1.72. The number of likely N-dealkylation sites (tertiary alicyclic amines) is 1. The smallest absolute Gasteiger partial charge is 0.229 e. The van der Waals surface area contributed by atoms with Crippen molar-refractivity contribution in [3.8, 4) is 0 Å². The molecule has 3 fully saturated rings. The first-order valence-corrected chi connectivity index (χ1v) is 6.47. The molecule has 1 saturated carbocycles. The van der Waals surface area contributed by atoms with Crippen molar-refractivity contribution in [2.24, 2.45) is 23.5 Å². The van der Waals surface area contributed by atoms with E-state index >= 15 is 0 Å². The van der Waals surface area contributed by atoms with Gasteiger partial charge < -0.3 is 20.5 Å². The number of carbonyl (C=O) groups is 1. The third kappa shape index (κ3) is 1.86. The van der Waals surface area contributed by atoms with Gasteiger partial charge in [-0.05, 0) is 18.8 Å². The van der Waals surface area contributed by atoms with Crippen molar-refractivity contribution < 1.29 is 14.6 Å². The Morgan fingerprint density at radius 3 is 2.76 bits per heavy atom. The van der Waals surface area contributed by atoms with E-state index in [2.05, 4.69) is 0 Å². The van der Waals surface area contributed by atoms with E-state index in [1.807, 2.05) is 4.90 Å². The van der Waals surface area contributed by atoms with E-state index < -0.39 is 0 Å². The van der Waals surface area contributed by atoms with Gasteiger partial charge in [-0.1, -0.05) is 0 Å². The molecule has 0 aromatic carbocycles. The Labute approximate surface area is 101 Å². The van der Waals surface area contributed by atoms with E-state index in [4.69, 9.17) is 10.5 Å². The van der Waals surface area contributed by atoms with Gasteiger partial charge >= 0.3 is 0 Å². The lowest BCUT2D eigenvalue weighted by Crippen LogP contribution is -2.43. The maximum Gasteiger partial charge on any atom is 0.229 e. The molecule has 5 unspecified atom stereocenters. The van der Waals surface area contributed by atoms with Crippen LogP contribution in [0, 0.1) is 17.8 Å². The lowest BCUT2D eigenvalue weighted by molar-refractivity contribution is -0.135. The topological polar surface area (TPSA) is 75.8 Å². The second-order valence-corrected chi connectivity index (χ2v) is 5.62. The van der Waals surface area contributed by atoms with Gasteiger partial charge in [-0.2, -0.15) is 0 Å². The van der Waals surface area contributed by atoms with Gasteiger partial charge in [-0.3, -0.25) is 4.79 Å². The molecule has 0 radical (unpaired) electrons. The first-order valence-electron chi connectivity index (χ1n) is 6.47. The minimum absolute atomic E-state index is 0.122. The molecule has 5 atom stereocenters. The van der Waals surface area contributed by atoms with E-state index in [0.717, 1.165) is 19.4 Å². The first kappa shape index (κ1) is 11.4. The minimum Gasteiger partial charge on any atom is -0.393 e. The van der Waals surface area contributed by atoms with E-state index in [1.165, 1.54) is 0 Å². The van der Waals surface area contributed by atoms with Crippen LogP contribution in [0.15, 0.2) is 0 Å². The van der Waals surface area contributed by atoms with Crippen molar-refractivity contribution in [3.63, 3.8) is 0 Å². The van der Waals surface area contributed by atoms with Crippen LogP contribution in [0.2, 0.25) is 0 Å². The zero-order valence-corrected chi connectivity index (χ0v) is 9.92. The molecule has 0 spiro atoms. The monoisotopic (exact) mass is 240 g/mol. The second kappa shape index (κ2) is 4.23. The summed E-state index contributed by atoms with van der Waals surface area (Å²) in [5.74, 6) is 0.729. The van der Waals surface area contributed by atoms with Crippen molar-refractivity contribution in [1.82, 2.24) is 4.90 Å². The lowest BCUT2D eigenvalue weighted by Gasteiger charge is -2.23. The fourth-order valence-electron chi connectivity index (χ4n) is 3.48. The summed E-state index contributed by atoms with van der Waals surface area (Å²) in [6.45, 7) is 2.44. The SMILES string of the molecule is NC1COCC1C(=O)N1CC2CCC(O)C2C1. The van der Waals surface area contributed by atoms with E-state index in [0.29, 0.717) is 25.7 Å². The number of amides is 1. The number of aliphatic hydroxyl groups excluding tert-OH is 1. The first-order chi connectivity index (χ1) is 8.16. The number of rotatable bonds is 1. The summed E-state index contributed by atoms with van der Waals surface area (Å²) >= 11 is 0. The molecule has 0 aromatic rings. The summed E-state index contributed by atoms with van der Waals surface area (Å²) in [5, 5.41) is 9.83. The summed E-state index contributed by atoms with van der Waals surface area (Å²) in [6, 6.07) is -0.159. The van der Waals surface area contributed by atoms with Crippen molar-refractivity contribution in [2.45, 2.75) is 25.0 Å². The Bertz CT molecular complexity index is 323. The quantitative estimate of drug-likeness (QED) is 0.628. The summed E-state index contributed by atoms with van der Waals surface area (Å²) < 4.78 is 5.24. The number of fused-ring (bicyclic) bond motifs is 1. The molecule has 3 aliphatic rings. The van der Waals surface area contributed by atoms with E-state index in [-0.39, 0.29) is 29.9 Å². The molecular weight excluding hydrogens is 220 g/mol. The molecule has 1 aliphatic carbocycles. The van der Waals surface area contributed by atoms with Crippen LogP contribution in [-0.4, -0.2) is 54.4 Å². The van der Waals surface area contributed by atoms with Gasteiger partial charge in [0.15, 0.2) is 0 Å². The number of nitrogens with zero attached hydrogens (tertiary/aromatic N) is 1. The van der Waals surface area contributed by atoms with Crippen molar-refractivity contribution in [1.29, 1.82) is 0 Å². The average Bonchev–Trinajstić information content (AvgIpc) is 2.96. The average molecular weight is 240 g/mol. The molecule has 3 N–H and O–H groups in total. The van der Waals surface area contributed by atoms with Gasteiger partial charge in [0.1, 0.15) is 0 Å². The summed E-state index contributed by atoms with van der Waals surface area (Å²) in [7, 11) is 0. The van der Waals surface area contributed by atoms with Crippen LogP contribution >= 0.6 is 0 Å². The molecule has 2 aliphatic heterocycles. The zero-order chi connectivity index (χ0) is 12.0. The molecule has 2 heterocycles. The number of carbonyl (C=O) groups excluding carboxylic acids is 1. The number of hydrogen-bond donors (Lipinski definition) is 2. The Morgan fingerprint density at radius 1 is 1.29 bits per heavy atom. The Morgan fingerprint density at radius 2 is 2.12 bits per heavy atom. The highest BCUT2D eigenvalue weighted by Crippen LogP contribution is 2.38. The number of hydrogen-bond acceptors (Lipinski definition) is 4. The highest BCUT2D eigenvalue weighted by atomic mass is 16.5. The number of ether oxygens (including phenoxy) is 1. The maximum absolute atomic E-state index is 12.3. The third-order valence-corrected chi connectivity index (χ3v) is 4.57. The second-order valence-electron chi connectivity index (χ2n) is 5.62. The van der Waals surface area contributed by atoms with Gasteiger partial charge in [0.2, 0.25) is 5.91 Å². The fourth-order valence-corrected chi connectivity index (χ4v) is 3.48. The molecule has 17 heavy (non-hydrogen) atoms. The largest absolute Gasteiger partial charge is 0.393 e. The number of aliphatic hydroxyl groups is 1. The number of nitrogens with two attached hydrogens (primary N) is 1. The molecular formula is C12H20N2O3. The van der Waals surface area contributed by atoms with Crippen LogP contribution in [0.25, 0.3) is 0 Å². The van der Waals surface area contributed by atoms with Crippen LogP contribution in [0.1, 0.15) is 12.8 Å². The normalized spacial score (nSPS) is 45.3. The lowest BCUT2D eigenvalue weighted by atomic mass is 10.00. The standard InChI is InChI=1S/C12H20N2O3/c13-10-6-17-5-9(10)12(16)14-3-7-1-2-11(15)8(7)4-14/h7-11,15H,1-6,13H2. The molecule has 3 rings (SSSR count). The molecule has 5 nitrogen and oxygen atoms in total. The van der Waals surface area contributed by atoms with Crippen molar-refractivity contribution in [3.05, 3.63) is 0 Å². The van der Waals surface area contributed by atoms with Crippen LogP contribution in [-0.2, 0) is 9.53 Å². The van der Waals surface area contributed by atoms with Gasteiger partial charge in [-0.15, -0.1) is 0 Å². The van der Waals surface area contributed by atoms with Crippen LogP contribution in [0.4, 0.5) is 0 Å². The van der Waals surface area contributed by atoms with Crippen LogP contribution in [0.3, 0.4) is 0 Å². The van der Waals surface area contributed by atoms with Crippen molar-refractivity contribution >= 4 is 5.91 Å². The molecule has 5 heteroatoms. The van der Waals surface area contributed by atoms with E-state index in [9.17, 15) is 9.90 Å². The Balaban J connectivity index is 1.65. The molecule has 1 amide bonds. The minimum atomic E-state index is -0.216. The highest BCUT2D eigenvalue weighted by Gasteiger charge is 2.45. The van der Waals surface area contributed by atoms with Crippen LogP contribution < -0.4 is 5.73 Å². The summed E-state index contributed by atoms with van der Waals surface area (Å²) in [5.41, 5.74) is 5.87. The zero-order valence-electron chi connectivity index (χ0n) is 9.92. The molecule has 2 saturated heterocycles. The van der Waals surface area contributed by atoms with Crippen LogP contribution in [0.5, 0.6) is 0 Å². The molecule has 0 bridgehead atoms. The molecule has 0 aromatic heterocycles. The van der Waals surface area contributed by atoms with Crippen molar-refractivity contribution in [2.75, 3.05) is 26.3 Å². The predicted molar refractivity (Wildman–Crippen MR) is 61.1 cm³/mol. The van der Waals surface area contributed by atoms with E-state index in [1.54, 1.807) is 0 Å². The van der Waals surface area contributed by atoms with Gasteiger partial charge in [0, 0.05) is 25.0 Å². The van der Waals surface area contributed by atoms with Gasteiger partial charge in [-0.25, -0.2) is 0 Å². The van der Waals surface area contributed by atoms with Gasteiger partial charge in [0.05, 0.1) is 25.2 Å². The Kier molecular flexibility index (Phi) is 2.84. The third-order valence-electron chi connectivity index (χ3n) is 4.57. The Hall–Kier alpha value is -0.650. The van der Waals surface area contributed by atoms with Gasteiger partial charge in [0.25, 0.3) is 0 Å². The maximum atomic E-state index is 12.3.